The fraction of sp³-hybridized carbons (Fsp3) is 0.450. The predicted molar refractivity (Wildman–Crippen MR) is 100 cm³/mol. The first kappa shape index (κ1) is 18.2. The number of amides is 2. The van der Waals surface area contributed by atoms with Gasteiger partial charge < -0.3 is 4.98 Å². The summed E-state index contributed by atoms with van der Waals surface area (Å²) in [7, 11) is 0. The molecule has 138 valence electrons. The lowest BCUT2D eigenvalue weighted by atomic mass is 9.86. The lowest BCUT2D eigenvalue weighted by molar-refractivity contribution is -0.128. The number of carbonyl (C=O) groups excluding carboxylic acids is 2. The summed E-state index contributed by atoms with van der Waals surface area (Å²) in [6.45, 7) is 0. The Kier molecular flexibility index (Phi) is 6.04. The number of aromatic amines is 1. The molecule has 0 aliphatic heterocycles. The van der Waals surface area contributed by atoms with E-state index in [1.165, 1.54) is 32.1 Å². The Labute approximate surface area is 152 Å². The highest BCUT2D eigenvalue weighted by Gasteiger charge is 2.15. The van der Waals surface area contributed by atoms with Gasteiger partial charge in [0.2, 0.25) is 11.8 Å². The van der Waals surface area contributed by atoms with Crippen molar-refractivity contribution in [2.24, 2.45) is 5.92 Å². The fourth-order valence-corrected chi connectivity index (χ4v) is 3.59. The monoisotopic (exact) mass is 355 g/mol. The van der Waals surface area contributed by atoms with Gasteiger partial charge in [-0.3, -0.25) is 25.2 Å². The Bertz CT molecular complexity index is 838. The summed E-state index contributed by atoms with van der Waals surface area (Å²) in [5.41, 5.74) is 5.19. The minimum atomic E-state index is -0.359. The molecule has 2 amide bonds. The highest BCUT2D eigenvalue weighted by molar-refractivity contribution is 5.85. The average Bonchev–Trinajstić information content (AvgIpc) is 2.65. The SMILES string of the molecule is O=C(CCC1CCCCC1)NNC(=O)Cc1cc2ccccc2c(=O)[nH]1. The van der Waals surface area contributed by atoms with Gasteiger partial charge in [-0.15, -0.1) is 0 Å². The minimum Gasteiger partial charge on any atom is -0.325 e. The molecular weight excluding hydrogens is 330 g/mol. The summed E-state index contributed by atoms with van der Waals surface area (Å²) >= 11 is 0. The van der Waals surface area contributed by atoms with E-state index >= 15 is 0 Å². The predicted octanol–water partition coefficient (Wildman–Crippen LogP) is 2.58. The van der Waals surface area contributed by atoms with Gasteiger partial charge in [0.25, 0.3) is 5.56 Å². The molecule has 0 radical (unpaired) electrons. The average molecular weight is 355 g/mol. The zero-order valence-electron chi connectivity index (χ0n) is 14.8. The molecule has 1 aliphatic carbocycles. The van der Waals surface area contributed by atoms with Crippen LogP contribution < -0.4 is 16.4 Å². The van der Waals surface area contributed by atoms with Gasteiger partial charge in [-0.2, -0.15) is 0 Å². The first-order valence-corrected chi connectivity index (χ1v) is 9.30. The number of fused-ring (bicyclic) bond motifs is 1. The van der Waals surface area contributed by atoms with Crippen LogP contribution in [0.1, 0.15) is 50.6 Å². The van der Waals surface area contributed by atoms with Crippen molar-refractivity contribution in [2.45, 2.75) is 51.4 Å². The molecule has 26 heavy (non-hydrogen) atoms. The molecule has 0 atom stereocenters. The van der Waals surface area contributed by atoms with Gasteiger partial charge in [0.15, 0.2) is 0 Å². The molecule has 1 fully saturated rings. The first-order valence-electron chi connectivity index (χ1n) is 9.30. The van der Waals surface area contributed by atoms with Crippen LogP contribution in [0.4, 0.5) is 0 Å². The number of hydrazine groups is 1. The van der Waals surface area contributed by atoms with E-state index in [4.69, 9.17) is 0 Å². The number of hydrogen-bond acceptors (Lipinski definition) is 3. The number of hydrogen-bond donors (Lipinski definition) is 3. The van der Waals surface area contributed by atoms with Gasteiger partial charge in [0, 0.05) is 17.5 Å². The highest BCUT2D eigenvalue weighted by atomic mass is 16.2. The summed E-state index contributed by atoms with van der Waals surface area (Å²) in [5.74, 6) is 0.103. The summed E-state index contributed by atoms with van der Waals surface area (Å²) < 4.78 is 0. The van der Waals surface area contributed by atoms with Crippen LogP contribution >= 0.6 is 0 Å². The quantitative estimate of drug-likeness (QED) is 0.720. The topological polar surface area (TPSA) is 91.1 Å². The van der Waals surface area contributed by atoms with E-state index in [9.17, 15) is 14.4 Å². The molecule has 0 saturated heterocycles. The van der Waals surface area contributed by atoms with Gasteiger partial charge >= 0.3 is 0 Å². The van der Waals surface area contributed by atoms with Crippen molar-refractivity contribution < 1.29 is 9.59 Å². The number of rotatable bonds is 5. The Morgan fingerprint density at radius 1 is 1.04 bits per heavy atom. The molecule has 0 unspecified atom stereocenters. The smallest absolute Gasteiger partial charge is 0.256 e. The van der Waals surface area contributed by atoms with Crippen LogP contribution in [0.25, 0.3) is 10.8 Å². The lowest BCUT2D eigenvalue weighted by Gasteiger charge is -2.21. The molecule has 3 N–H and O–H groups in total. The van der Waals surface area contributed by atoms with Gasteiger partial charge in [-0.05, 0) is 29.9 Å². The molecule has 1 aromatic carbocycles. The van der Waals surface area contributed by atoms with E-state index in [0.29, 0.717) is 23.4 Å². The van der Waals surface area contributed by atoms with Crippen molar-refractivity contribution in [3.63, 3.8) is 0 Å². The standard InChI is InChI=1S/C20H25N3O3/c24-18(11-10-14-6-2-1-3-7-14)22-23-19(25)13-16-12-15-8-4-5-9-17(15)20(26)21-16/h4-5,8-9,12,14H,1-3,6-7,10-11,13H2,(H,21,26)(H,22,24)(H,23,25). The van der Waals surface area contributed by atoms with Gasteiger partial charge in [-0.25, -0.2) is 0 Å². The Hall–Kier alpha value is -2.63. The number of H-pyrrole nitrogens is 1. The number of aromatic nitrogens is 1. The fourth-order valence-electron chi connectivity index (χ4n) is 3.59. The zero-order chi connectivity index (χ0) is 18.4. The van der Waals surface area contributed by atoms with Crippen LogP contribution in [0.3, 0.4) is 0 Å². The van der Waals surface area contributed by atoms with Crippen molar-refractivity contribution in [1.29, 1.82) is 0 Å². The molecule has 6 heteroatoms. The molecule has 1 aliphatic rings. The third kappa shape index (κ3) is 4.94. The number of benzene rings is 1. The van der Waals surface area contributed by atoms with Gasteiger partial charge in [0.1, 0.15) is 0 Å². The van der Waals surface area contributed by atoms with E-state index < -0.39 is 0 Å². The van der Waals surface area contributed by atoms with Crippen LogP contribution in [0.15, 0.2) is 35.1 Å². The Balaban J connectivity index is 1.46. The Morgan fingerprint density at radius 3 is 2.58 bits per heavy atom. The second-order valence-corrected chi connectivity index (χ2v) is 7.03. The van der Waals surface area contributed by atoms with Crippen molar-refractivity contribution in [1.82, 2.24) is 15.8 Å². The normalized spacial score (nSPS) is 14.9. The molecular formula is C20H25N3O3. The van der Waals surface area contributed by atoms with Gasteiger partial charge in [0.05, 0.1) is 6.42 Å². The summed E-state index contributed by atoms with van der Waals surface area (Å²) in [6.07, 6.45) is 7.53. The van der Waals surface area contributed by atoms with E-state index in [-0.39, 0.29) is 23.8 Å². The first-order chi connectivity index (χ1) is 12.6. The second kappa shape index (κ2) is 8.65. The van der Waals surface area contributed by atoms with E-state index in [2.05, 4.69) is 15.8 Å². The van der Waals surface area contributed by atoms with Crippen LogP contribution in [0.5, 0.6) is 0 Å². The number of nitrogens with one attached hydrogen (secondary N) is 3. The number of carbonyl (C=O) groups is 2. The van der Waals surface area contributed by atoms with Crippen LogP contribution in [-0.2, 0) is 16.0 Å². The van der Waals surface area contributed by atoms with E-state index in [1.807, 2.05) is 12.1 Å². The molecule has 3 rings (SSSR count). The maximum absolute atomic E-state index is 12.0. The van der Waals surface area contributed by atoms with E-state index in [0.717, 1.165) is 11.8 Å². The largest absolute Gasteiger partial charge is 0.325 e. The van der Waals surface area contributed by atoms with Crippen LogP contribution in [0, 0.1) is 5.92 Å². The summed E-state index contributed by atoms with van der Waals surface area (Å²) in [4.78, 5) is 38.6. The lowest BCUT2D eigenvalue weighted by Crippen LogP contribution is -2.42. The van der Waals surface area contributed by atoms with Gasteiger partial charge in [-0.1, -0.05) is 50.3 Å². The van der Waals surface area contributed by atoms with Crippen molar-refractivity contribution >= 4 is 22.6 Å². The number of pyridine rings is 1. The molecule has 2 aromatic rings. The zero-order valence-corrected chi connectivity index (χ0v) is 14.8. The summed E-state index contributed by atoms with van der Waals surface area (Å²) in [5, 5.41) is 1.38. The second-order valence-electron chi connectivity index (χ2n) is 7.03. The summed E-state index contributed by atoms with van der Waals surface area (Å²) in [6, 6.07) is 9.00. The van der Waals surface area contributed by atoms with Crippen molar-refractivity contribution in [2.75, 3.05) is 0 Å². The molecule has 0 spiro atoms. The maximum atomic E-state index is 12.0. The van der Waals surface area contributed by atoms with Crippen molar-refractivity contribution in [3.05, 3.63) is 46.4 Å². The molecule has 1 aromatic heterocycles. The minimum absolute atomic E-state index is 0.00296. The molecule has 1 heterocycles. The molecule has 1 saturated carbocycles. The highest BCUT2D eigenvalue weighted by Crippen LogP contribution is 2.27. The van der Waals surface area contributed by atoms with Crippen LogP contribution in [0.2, 0.25) is 0 Å². The third-order valence-corrected chi connectivity index (χ3v) is 5.01. The van der Waals surface area contributed by atoms with Crippen LogP contribution in [-0.4, -0.2) is 16.8 Å². The molecule has 6 nitrogen and oxygen atoms in total. The van der Waals surface area contributed by atoms with Crippen molar-refractivity contribution in [3.8, 4) is 0 Å². The molecule has 0 bridgehead atoms. The third-order valence-electron chi connectivity index (χ3n) is 5.01. The maximum Gasteiger partial charge on any atom is 0.256 e. The Morgan fingerprint density at radius 2 is 1.77 bits per heavy atom. The van der Waals surface area contributed by atoms with E-state index in [1.54, 1.807) is 18.2 Å².